The molecule has 0 atom stereocenters. The van der Waals surface area contributed by atoms with Gasteiger partial charge in [0.1, 0.15) is 0 Å². The van der Waals surface area contributed by atoms with E-state index in [4.69, 9.17) is 0 Å². The summed E-state index contributed by atoms with van der Waals surface area (Å²) in [6, 6.07) is 0. The highest BCUT2D eigenvalue weighted by Crippen LogP contribution is 1.97. The van der Waals surface area contributed by atoms with E-state index in [0.717, 1.165) is 18.5 Å². The summed E-state index contributed by atoms with van der Waals surface area (Å²) in [5, 5.41) is 3.05. The summed E-state index contributed by atoms with van der Waals surface area (Å²) < 4.78 is 0. The van der Waals surface area contributed by atoms with Crippen LogP contribution in [0.4, 0.5) is 0 Å². The third-order valence-electron chi connectivity index (χ3n) is 1.16. The van der Waals surface area contributed by atoms with Crippen molar-refractivity contribution in [2.75, 3.05) is 13.6 Å². The van der Waals surface area contributed by atoms with Crippen LogP contribution in [0.3, 0.4) is 0 Å². The molecule has 0 aromatic carbocycles. The number of hydrogen-bond donors (Lipinski definition) is 1. The molecule has 0 unspecified atom stereocenters. The van der Waals surface area contributed by atoms with Gasteiger partial charge in [-0.1, -0.05) is 37.0 Å². The first kappa shape index (κ1) is 9.18. The Morgan fingerprint density at radius 2 is 2.30 bits per heavy atom. The lowest BCUT2D eigenvalue weighted by Crippen LogP contribution is -2.07. The lowest BCUT2D eigenvalue weighted by molar-refractivity contribution is 0.795. The first-order valence-corrected chi connectivity index (χ1v) is 3.42. The van der Waals surface area contributed by atoms with Crippen LogP contribution < -0.4 is 5.32 Å². The Hall–Kier alpha value is -0.820. The lowest BCUT2D eigenvalue weighted by Gasteiger charge is -1.96. The Labute approximate surface area is 63.1 Å². The SMILES string of the molecule is C=C/C=C\C(=C)CCNC. The molecule has 0 spiro atoms. The molecule has 0 aromatic heterocycles. The van der Waals surface area contributed by atoms with E-state index in [9.17, 15) is 0 Å². The van der Waals surface area contributed by atoms with Gasteiger partial charge in [0.05, 0.1) is 0 Å². The van der Waals surface area contributed by atoms with Crippen molar-refractivity contribution in [1.82, 2.24) is 5.32 Å². The van der Waals surface area contributed by atoms with Gasteiger partial charge in [-0.05, 0) is 20.0 Å². The fraction of sp³-hybridized carbons (Fsp3) is 0.333. The van der Waals surface area contributed by atoms with E-state index in [-0.39, 0.29) is 0 Å². The van der Waals surface area contributed by atoms with Crippen molar-refractivity contribution >= 4 is 0 Å². The summed E-state index contributed by atoms with van der Waals surface area (Å²) in [4.78, 5) is 0. The van der Waals surface area contributed by atoms with E-state index < -0.39 is 0 Å². The predicted octanol–water partition coefficient (Wildman–Crippen LogP) is 1.89. The predicted molar refractivity (Wildman–Crippen MR) is 47.0 cm³/mol. The largest absolute Gasteiger partial charge is 0.319 e. The number of nitrogens with one attached hydrogen (secondary N) is 1. The molecule has 0 saturated carbocycles. The average Bonchev–Trinajstić information content (AvgIpc) is 1.97. The van der Waals surface area contributed by atoms with Gasteiger partial charge >= 0.3 is 0 Å². The maximum atomic E-state index is 3.86. The Balaban J connectivity index is 3.43. The molecule has 0 bridgehead atoms. The van der Waals surface area contributed by atoms with Gasteiger partial charge in [0.2, 0.25) is 0 Å². The number of hydrogen-bond acceptors (Lipinski definition) is 1. The Bertz CT molecular complexity index is 134. The molecular weight excluding hydrogens is 122 g/mol. The highest BCUT2D eigenvalue weighted by molar-refractivity contribution is 5.17. The normalized spacial score (nSPS) is 10.1. The minimum absolute atomic E-state index is 0.986. The molecule has 1 nitrogen and oxygen atoms in total. The third-order valence-corrected chi connectivity index (χ3v) is 1.16. The second-order valence-corrected chi connectivity index (χ2v) is 2.11. The first-order valence-electron chi connectivity index (χ1n) is 3.42. The van der Waals surface area contributed by atoms with E-state index in [1.165, 1.54) is 0 Å². The van der Waals surface area contributed by atoms with Crippen molar-refractivity contribution in [2.45, 2.75) is 6.42 Å². The topological polar surface area (TPSA) is 12.0 Å². The molecule has 0 saturated heterocycles. The fourth-order valence-corrected chi connectivity index (χ4v) is 0.573. The molecule has 1 heteroatoms. The van der Waals surface area contributed by atoms with Crippen molar-refractivity contribution in [3.63, 3.8) is 0 Å². The lowest BCUT2D eigenvalue weighted by atomic mass is 10.2. The molecule has 0 rings (SSSR count). The summed E-state index contributed by atoms with van der Waals surface area (Å²) in [6.07, 6.45) is 6.63. The zero-order valence-corrected chi connectivity index (χ0v) is 6.56. The van der Waals surface area contributed by atoms with E-state index in [1.54, 1.807) is 6.08 Å². The first-order chi connectivity index (χ1) is 4.81. The molecule has 1 N–H and O–H groups in total. The van der Waals surface area contributed by atoms with Gasteiger partial charge in [-0.25, -0.2) is 0 Å². The van der Waals surface area contributed by atoms with E-state index in [0.29, 0.717) is 0 Å². The summed E-state index contributed by atoms with van der Waals surface area (Å²) in [7, 11) is 1.94. The van der Waals surface area contributed by atoms with E-state index >= 15 is 0 Å². The van der Waals surface area contributed by atoms with Crippen LogP contribution in [0.1, 0.15) is 6.42 Å². The highest BCUT2D eigenvalue weighted by atomic mass is 14.8. The van der Waals surface area contributed by atoms with Crippen molar-refractivity contribution in [2.24, 2.45) is 0 Å². The molecule has 0 aliphatic heterocycles. The maximum Gasteiger partial charge on any atom is -0.00116 e. The smallest absolute Gasteiger partial charge is 0.00116 e. The standard InChI is InChI=1S/C9H15N/c1-4-5-6-9(2)7-8-10-3/h4-6,10H,1-2,7-8H2,3H3/b6-5-. The van der Waals surface area contributed by atoms with Gasteiger partial charge in [0, 0.05) is 0 Å². The summed E-state index contributed by atoms with van der Waals surface area (Å²) >= 11 is 0. The van der Waals surface area contributed by atoms with E-state index in [1.807, 2.05) is 19.2 Å². The fourth-order valence-electron chi connectivity index (χ4n) is 0.573. The molecule has 0 amide bonds. The van der Waals surface area contributed by atoms with Gasteiger partial charge in [0.25, 0.3) is 0 Å². The monoisotopic (exact) mass is 137 g/mol. The number of allylic oxidation sites excluding steroid dienone is 3. The third kappa shape index (κ3) is 5.32. The van der Waals surface area contributed by atoms with Crippen LogP contribution in [-0.4, -0.2) is 13.6 Å². The zero-order valence-electron chi connectivity index (χ0n) is 6.56. The van der Waals surface area contributed by atoms with Crippen LogP contribution in [0, 0.1) is 0 Å². The van der Waals surface area contributed by atoms with Crippen LogP contribution in [0.15, 0.2) is 37.0 Å². The maximum absolute atomic E-state index is 3.86. The van der Waals surface area contributed by atoms with Crippen LogP contribution in [0.2, 0.25) is 0 Å². The molecule has 0 aliphatic rings. The molecule has 0 fully saturated rings. The van der Waals surface area contributed by atoms with E-state index in [2.05, 4.69) is 18.5 Å². The summed E-state index contributed by atoms with van der Waals surface area (Å²) in [6.45, 7) is 8.41. The minimum atomic E-state index is 0.986. The minimum Gasteiger partial charge on any atom is -0.319 e. The van der Waals surface area contributed by atoms with Crippen molar-refractivity contribution in [1.29, 1.82) is 0 Å². The quantitative estimate of drug-likeness (QED) is 0.571. The summed E-state index contributed by atoms with van der Waals surface area (Å²) in [5.41, 5.74) is 1.13. The van der Waals surface area contributed by atoms with Crippen LogP contribution in [0.25, 0.3) is 0 Å². The van der Waals surface area contributed by atoms with Gasteiger partial charge in [0.15, 0.2) is 0 Å². The molecule has 0 heterocycles. The zero-order chi connectivity index (χ0) is 7.82. The van der Waals surface area contributed by atoms with Crippen molar-refractivity contribution in [3.8, 4) is 0 Å². The van der Waals surface area contributed by atoms with Gasteiger partial charge in [-0.15, -0.1) is 0 Å². The van der Waals surface area contributed by atoms with Crippen LogP contribution >= 0.6 is 0 Å². The molecular formula is C9H15N. The molecule has 0 aromatic rings. The van der Waals surface area contributed by atoms with Gasteiger partial charge in [-0.2, -0.15) is 0 Å². The Morgan fingerprint density at radius 3 is 2.80 bits per heavy atom. The van der Waals surface area contributed by atoms with Gasteiger partial charge in [-0.3, -0.25) is 0 Å². The molecule has 0 aliphatic carbocycles. The Morgan fingerprint density at radius 1 is 1.60 bits per heavy atom. The van der Waals surface area contributed by atoms with Crippen molar-refractivity contribution < 1.29 is 0 Å². The second kappa shape index (κ2) is 6.30. The van der Waals surface area contributed by atoms with Crippen LogP contribution in [-0.2, 0) is 0 Å². The van der Waals surface area contributed by atoms with Crippen LogP contribution in [0.5, 0.6) is 0 Å². The number of rotatable bonds is 5. The van der Waals surface area contributed by atoms with Crippen molar-refractivity contribution in [3.05, 3.63) is 37.0 Å². The van der Waals surface area contributed by atoms with Gasteiger partial charge < -0.3 is 5.32 Å². The Kier molecular flexibility index (Phi) is 5.79. The molecule has 0 radical (unpaired) electrons. The molecule has 10 heavy (non-hydrogen) atoms. The molecule has 56 valence electrons. The summed E-state index contributed by atoms with van der Waals surface area (Å²) in [5.74, 6) is 0. The second-order valence-electron chi connectivity index (χ2n) is 2.11. The highest BCUT2D eigenvalue weighted by Gasteiger charge is 1.84. The average molecular weight is 137 g/mol.